The van der Waals surface area contributed by atoms with E-state index in [9.17, 15) is 17.6 Å². The van der Waals surface area contributed by atoms with Crippen molar-refractivity contribution in [2.24, 2.45) is 11.8 Å². The van der Waals surface area contributed by atoms with E-state index in [1.54, 1.807) is 36.4 Å². The molecule has 0 bridgehead atoms. The summed E-state index contributed by atoms with van der Waals surface area (Å²) in [7, 11) is -2.05. The largest absolute Gasteiger partial charge is 0.497 e. The summed E-state index contributed by atoms with van der Waals surface area (Å²) in [5, 5.41) is 2.88. The number of ether oxygens (including phenoxy) is 1. The van der Waals surface area contributed by atoms with E-state index in [0.717, 1.165) is 12.0 Å². The summed E-state index contributed by atoms with van der Waals surface area (Å²) < 4.78 is 45.7. The lowest BCUT2D eigenvalue weighted by molar-refractivity contribution is -0.122. The minimum Gasteiger partial charge on any atom is -0.497 e. The number of carbonyl (C=O) groups is 1. The van der Waals surface area contributed by atoms with Gasteiger partial charge in [-0.2, -0.15) is 4.31 Å². The van der Waals surface area contributed by atoms with Gasteiger partial charge < -0.3 is 10.1 Å². The van der Waals surface area contributed by atoms with Crippen LogP contribution in [0.5, 0.6) is 5.75 Å². The molecule has 31 heavy (non-hydrogen) atoms. The van der Waals surface area contributed by atoms with E-state index in [4.69, 9.17) is 4.74 Å². The number of piperidine rings is 1. The average molecular weight is 449 g/mol. The van der Waals surface area contributed by atoms with Gasteiger partial charge in [-0.1, -0.05) is 25.5 Å². The first-order chi connectivity index (χ1) is 14.8. The van der Waals surface area contributed by atoms with Gasteiger partial charge in [0.05, 0.1) is 12.0 Å². The molecular weight excluding hydrogens is 419 g/mol. The lowest BCUT2D eigenvalue weighted by Crippen LogP contribution is -2.44. The maximum Gasteiger partial charge on any atom is 0.243 e. The van der Waals surface area contributed by atoms with Gasteiger partial charge in [-0.3, -0.25) is 4.79 Å². The van der Waals surface area contributed by atoms with Gasteiger partial charge in [0, 0.05) is 26.1 Å². The van der Waals surface area contributed by atoms with Crippen molar-refractivity contribution in [3.05, 3.63) is 59.9 Å². The Kier molecular flexibility index (Phi) is 7.67. The molecule has 1 aliphatic rings. The van der Waals surface area contributed by atoms with Crippen LogP contribution in [0.15, 0.2) is 53.4 Å². The lowest BCUT2D eigenvalue weighted by atomic mass is 9.82. The number of halogens is 1. The monoisotopic (exact) mass is 448 g/mol. The molecule has 168 valence electrons. The van der Waals surface area contributed by atoms with E-state index < -0.39 is 10.0 Å². The molecular formula is C23H29FN2O4S. The second kappa shape index (κ2) is 10.2. The van der Waals surface area contributed by atoms with E-state index >= 15 is 0 Å². The first-order valence-corrected chi connectivity index (χ1v) is 11.9. The van der Waals surface area contributed by atoms with Crippen molar-refractivity contribution in [1.82, 2.24) is 9.62 Å². The van der Waals surface area contributed by atoms with Gasteiger partial charge in [0.25, 0.3) is 0 Å². The Morgan fingerprint density at radius 2 is 1.81 bits per heavy atom. The average Bonchev–Trinajstić information content (AvgIpc) is 2.79. The van der Waals surface area contributed by atoms with Crippen molar-refractivity contribution in [3.63, 3.8) is 0 Å². The third-order valence-corrected chi connectivity index (χ3v) is 7.81. The van der Waals surface area contributed by atoms with Crippen LogP contribution in [0.25, 0.3) is 0 Å². The fourth-order valence-electron chi connectivity index (χ4n) is 4.01. The van der Waals surface area contributed by atoms with Crippen LogP contribution in [0.1, 0.15) is 31.7 Å². The molecule has 2 aromatic rings. The van der Waals surface area contributed by atoms with E-state index in [1.807, 2.05) is 6.92 Å². The number of carbonyl (C=O) groups excluding carboxylic acids is 1. The van der Waals surface area contributed by atoms with Gasteiger partial charge in [-0.25, -0.2) is 12.8 Å². The zero-order valence-electron chi connectivity index (χ0n) is 17.9. The van der Waals surface area contributed by atoms with Crippen LogP contribution in [0, 0.1) is 17.7 Å². The van der Waals surface area contributed by atoms with Crippen molar-refractivity contribution in [2.75, 3.05) is 20.2 Å². The number of nitrogens with one attached hydrogen (secondary N) is 1. The fraction of sp³-hybridized carbons (Fsp3) is 0.435. The maximum atomic E-state index is 13.0. The summed E-state index contributed by atoms with van der Waals surface area (Å²) in [6.07, 6.45) is 1.79. The molecule has 0 radical (unpaired) electrons. The lowest BCUT2D eigenvalue weighted by Gasteiger charge is -2.37. The maximum absolute atomic E-state index is 13.0. The smallest absolute Gasteiger partial charge is 0.243 e. The van der Waals surface area contributed by atoms with Crippen molar-refractivity contribution in [2.45, 2.75) is 37.6 Å². The van der Waals surface area contributed by atoms with Gasteiger partial charge in [0.15, 0.2) is 0 Å². The Hall–Kier alpha value is -2.45. The molecule has 2 unspecified atom stereocenters. The zero-order chi connectivity index (χ0) is 22.4. The molecule has 3 rings (SSSR count). The van der Waals surface area contributed by atoms with Gasteiger partial charge in [0.1, 0.15) is 11.6 Å². The number of methoxy groups -OCH3 is 1. The van der Waals surface area contributed by atoms with E-state index in [0.29, 0.717) is 38.2 Å². The summed E-state index contributed by atoms with van der Waals surface area (Å²) in [4.78, 5) is 12.7. The van der Waals surface area contributed by atoms with Gasteiger partial charge in [-0.15, -0.1) is 0 Å². The normalized spacial score (nSPS) is 19.7. The van der Waals surface area contributed by atoms with Crippen LogP contribution in [0.3, 0.4) is 0 Å². The Morgan fingerprint density at radius 3 is 2.42 bits per heavy atom. The van der Waals surface area contributed by atoms with E-state index in [2.05, 4.69) is 5.32 Å². The second-order valence-electron chi connectivity index (χ2n) is 7.86. The van der Waals surface area contributed by atoms with Crippen LogP contribution in [0.2, 0.25) is 0 Å². The van der Waals surface area contributed by atoms with E-state index in [-0.39, 0.29) is 28.5 Å². The van der Waals surface area contributed by atoms with Crippen LogP contribution in [-0.2, 0) is 21.4 Å². The predicted octanol–water partition coefficient (Wildman–Crippen LogP) is 3.58. The quantitative estimate of drug-likeness (QED) is 0.670. The second-order valence-corrected chi connectivity index (χ2v) is 9.80. The summed E-state index contributed by atoms with van der Waals surface area (Å²) in [5.41, 5.74) is 0.835. The highest BCUT2D eigenvalue weighted by Gasteiger charge is 2.35. The molecule has 1 aliphatic heterocycles. The van der Waals surface area contributed by atoms with Crippen molar-refractivity contribution >= 4 is 15.9 Å². The summed E-state index contributed by atoms with van der Waals surface area (Å²) in [5.74, 6) is 0.464. The molecule has 0 saturated carbocycles. The first kappa shape index (κ1) is 23.2. The molecule has 1 saturated heterocycles. The van der Waals surface area contributed by atoms with Crippen LogP contribution in [-0.4, -0.2) is 38.8 Å². The number of hydrogen-bond donors (Lipinski definition) is 1. The Bertz CT molecular complexity index is 978. The molecule has 1 fully saturated rings. The zero-order valence-corrected chi connectivity index (χ0v) is 18.7. The van der Waals surface area contributed by atoms with Crippen molar-refractivity contribution in [3.8, 4) is 5.75 Å². The molecule has 8 heteroatoms. The third kappa shape index (κ3) is 5.83. The van der Waals surface area contributed by atoms with Crippen LogP contribution < -0.4 is 10.1 Å². The van der Waals surface area contributed by atoms with Crippen LogP contribution in [0.4, 0.5) is 4.39 Å². The standard InChI is InChI=1S/C23H29FN2O4S/c1-3-18-16-26(31(28,29)22-10-8-21(30-2)9-11-22)13-12-19(18)14-23(27)25-15-17-4-6-20(24)7-5-17/h4-11,18-19H,3,12-16H2,1-2H3,(H,25,27). The fourth-order valence-corrected chi connectivity index (χ4v) is 5.52. The highest BCUT2D eigenvalue weighted by atomic mass is 32.2. The Labute approximate surface area is 183 Å². The highest BCUT2D eigenvalue weighted by molar-refractivity contribution is 7.89. The predicted molar refractivity (Wildman–Crippen MR) is 117 cm³/mol. The number of benzene rings is 2. The van der Waals surface area contributed by atoms with Gasteiger partial charge in [-0.05, 0) is 60.2 Å². The number of nitrogens with zero attached hydrogens (tertiary/aromatic N) is 1. The number of hydrogen-bond acceptors (Lipinski definition) is 4. The Morgan fingerprint density at radius 1 is 1.13 bits per heavy atom. The van der Waals surface area contributed by atoms with Crippen molar-refractivity contribution in [1.29, 1.82) is 0 Å². The molecule has 1 N–H and O–H groups in total. The van der Waals surface area contributed by atoms with E-state index in [1.165, 1.54) is 23.5 Å². The molecule has 2 atom stereocenters. The molecule has 0 aromatic heterocycles. The first-order valence-electron chi connectivity index (χ1n) is 10.5. The molecule has 2 aromatic carbocycles. The van der Waals surface area contributed by atoms with Crippen molar-refractivity contribution < 1.29 is 22.3 Å². The topological polar surface area (TPSA) is 75.7 Å². The molecule has 6 nitrogen and oxygen atoms in total. The SMILES string of the molecule is CCC1CN(S(=O)(=O)c2ccc(OC)cc2)CCC1CC(=O)NCc1ccc(F)cc1. The molecule has 0 spiro atoms. The summed E-state index contributed by atoms with van der Waals surface area (Å²) >= 11 is 0. The minimum absolute atomic E-state index is 0.0702. The van der Waals surface area contributed by atoms with Crippen LogP contribution >= 0.6 is 0 Å². The summed E-state index contributed by atoms with van der Waals surface area (Å²) in [6.45, 7) is 3.17. The van der Waals surface area contributed by atoms with Gasteiger partial charge >= 0.3 is 0 Å². The Balaban J connectivity index is 1.58. The summed E-state index contributed by atoms with van der Waals surface area (Å²) in [6, 6.07) is 12.4. The minimum atomic E-state index is -3.59. The molecule has 1 heterocycles. The highest BCUT2D eigenvalue weighted by Crippen LogP contribution is 2.32. The molecule has 1 amide bonds. The number of sulfonamides is 1. The number of rotatable bonds is 8. The van der Waals surface area contributed by atoms with Gasteiger partial charge in [0.2, 0.25) is 15.9 Å². The number of amides is 1. The third-order valence-electron chi connectivity index (χ3n) is 5.93. The molecule has 0 aliphatic carbocycles.